The maximum absolute atomic E-state index is 5.14. The molecule has 1 aliphatic carbocycles. The molecule has 2 heteroatoms. The molecule has 2 atom stereocenters. The van der Waals surface area contributed by atoms with Gasteiger partial charge in [0, 0.05) is 26.3 Å². The van der Waals surface area contributed by atoms with Gasteiger partial charge in [-0.25, -0.2) is 0 Å². The molecule has 15 heavy (non-hydrogen) atoms. The first kappa shape index (κ1) is 13.0. The lowest BCUT2D eigenvalue weighted by Crippen LogP contribution is -2.37. The van der Waals surface area contributed by atoms with E-state index in [0.717, 1.165) is 19.1 Å². The second-order valence-corrected chi connectivity index (χ2v) is 5.16. The van der Waals surface area contributed by atoms with E-state index in [0.29, 0.717) is 12.0 Å². The number of hydrogen-bond donors (Lipinski definition) is 1. The molecule has 1 rings (SSSR count). The summed E-state index contributed by atoms with van der Waals surface area (Å²) in [6.45, 7) is 6.54. The lowest BCUT2D eigenvalue weighted by Gasteiger charge is -2.29. The van der Waals surface area contributed by atoms with E-state index in [9.17, 15) is 0 Å². The van der Waals surface area contributed by atoms with E-state index in [4.69, 9.17) is 4.74 Å². The first-order valence-corrected chi connectivity index (χ1v) is 6.46. The van der Waals surface area contributed by atoms with Crippen molar-refractivity contribution in [1.29, 1.82) is 0 Å². The summed E-state index contributed by atoms with van der Waals surface area (Å²) < 4.78 is 5.14. The molecule has 0 saturated heterocycles. The largest absolute Gasteiger partial charge is 0.384 e. The van der Waals surface area contributed by atoms with Crippen LogP contribution in [0.4, 0.5) is 0 Å². The third-order valence-corrected chi connectivity index (χ3v) is 3.60. The standard InChI is InChI=1S/C13H27NO/c1-11(10-15-3)9-14-12(2)13-7-5-4-6-8-13/h11-14H,4-10H2,1-3H3/t11?,12-/m0/s1. The molecule has 1 unspecified atom stereocenters. The molecule has 0 heterocycles. The fourth-order valence-corrected chi connectivity index (χ4v) is 2.53. The summed E-state index contributed by atoms with van der Waals surface area (Å²) in [6, 6.07) is 0.685. The van der Waals surface area contributed by atoms with Gasteiger partial charge in [0.1, 0.15) is 0 Å². The Morgan fingerprint density at radius 1 is 1.20 bits per heavy atom. The zero-order valence-electron chi connectivity index (χ0n) is 10.6. The molecule has 1 fully saturated rings. The molecule has 0 bridgehead atoms. The highest BCUT2D eigenvalue weighted by Crippen LogP contribution is 2.26. The zero-order valence-corrected chi connectivity index (χ0v) is 10.6. The second kappa shape index (κ2) is 7.24. The van der Waals surface area contributed by atoms with Gasteiger partial charge in [-0.3, -0.25) is 0 Å². The molecule has 0 aromatic rings. The van der Waals surface area contributed by atoms with E-state index in [1.54, 1.807) is 7.11 Å². The molecule has 0 aromatic heterocycles. The maximum Gasteiger partial charge on any atom is 0.0499 e. The fourth-order valence-electron chi connectivity index (χ4n) is 2.53. The van der Waals surface area contributed by atoms with E-state index in [-0.39, 0.29) is 0 Å². The summed E-state index contributed by atoms with van der Waals surface area (Å²) in [6.07, 6.45) is 7.16. The van der Waals surface area contributed by atoms with Crippen molar-refractivity contribution in [2.24, 2.45) is 11.8 Å². The van der Waals surface area contributed by atoms with Gasteiger partial charge in [0.15, 0.2) is 0 Å². The highest BCUT2D eigenvalue weighted by Gasteiger charge is 2.19. The molecule has 1 N–H and O–H groups in total. The summed E-state index contributed by atoms with van der Waals surface area (Å²) in [7, 11) is 1.78. The molecule has 0 radical (unpaired) electrons. The van der Waals surface area contributed by atoms with Gasteiger partial charge in [0.25, 0.3) is 0 Å². The Hall–Kier alpha value is -0.0800. The third-order valence-electron chi connectivity index (χ3n) is 3.60. The topological polar surface area (TPSA) is 21.3 Å². The van der Waals surface area contributed by atoms with Crippen molar-refractivity contribution in [2.45, 2.75) is 52.0 Å². The van der Waals surface area contributed by atoms with Crippen LogP contribution in [0.3, 0.4) is 0 Å². The second-order valence-electron chi connectivity index (χ2n) is 5.16. The van der Waals surface area contributed by atoms with Gasteiger partial charge in [-0.15, -0.1) is 0 Å². The smallest absolute Gasteiger partial charge is 0.0499 e. The van der Waals surface area contributed by atoms with E-state index < -0.39 is 0 Å². The Kier molecular flexibility index (Phi) is 6.26. The predicted octanol–water partition coefficient (Wildman–Crippen LogP) is 2.83. The molecule has 2 nitrogen and oxygen atoms in total. The molecule has 0 amide bonds. The Morgan fingerprint density at radius 3 is 2.47 bits per heavy atom. The van der Waals surface area contributed by atoms with Gasteiger partial charge >= 0.3 is 0 Å². The lowest BCUT2D eigenvalue weighted by atomic mass is 9.84. The summed E-state index contributed by atoms with van der Waals surface area (Å²) in [5.41, 5.74) is 0. The third kappa shape index (κ3) is 4.98. The minimum atomic E-state index is 0.626. The van der Waals surface area contributed by atoms with E-state index in [1.165, 1.54) is 32.1 Å². The Balaban J connectivity index is 2.13. The van der Waals surface area contributed by atoms with Gasteiger partial charge in [0.05, 0.1) is 0 Å². The van der Waals surface area contributed by atoms with E-state index in [1.807, 2.05) is 0 Å². The first-order chi connectivity index (χ1) is 7.24. The minimum Gasteiger partial charge on any atom is -0.384 e. The Labute approximate surface area is 94.8 Å². The molecule has 0 spiro atoms. The van der Waals surface area contributed by atoms with Crippen LogP contribution < -0.4 is 5.32 Å². The van der Waals surface area contributed by atoms with Gasteiger partial charge < -0.3 is 10.1 Å². The number of rotatable bonds is 6. The van der Waals surface area contributed by atoms with Crippen LogP contribution in [0.15, 0.2) is 0 Å². The quantitative estimate of drug-likeness (QED) is 0.732. The minimum absolute atomic E-state index is 0.626. The van der Waals surface area contributed by atoms with Crippen LogP contribution in [-0.2, 0) is 4.74 Å². The molecular formula is C13H27NO. The molecular weight excluding hydrogens is 186 g/mol. The molecule has 1 saturated carbocycles. The normalized spacial score (nSPS) is 22.6. The van der Waals surface area contributed by atoms with Crippen molar-refractivity contribution in [3.8, 4) is 0 Å². The summed E-state index contributed by atoms with van der Waals surface area (Å²) in [5.74, 6) is 1.54. The number of hydrogen-bond acceptors (Lipinski definition) is 2. The van der Waals surface area contributed by atoms with Crippen molar-refractivity contribution in [2.75, 3.05) is 20.3 Å². The first-order valence-electron chi connectivity index (χ1n) is 6.46. The van der Waals surface area contributed by atoms with Gasteiger partial charge in [0.2, 0.25) is 0 Å². The summed E-state index contributed by atoms with van der Waals surface area (Å²) in [5, 5.41) is 3.66. The Bertz CT molecular complexity index is 155. The van der Waals surface area contributed by atoms with Gasteiger partial charge in [-0.05, 0) is 31.6 Å². The molecule has 0 aliphatic heterocycles. The van der Waals surface area contributed by atoms with E-state index >= 15 is 0 Å². The van der Waals surface area contributed by atoms with Crippen molar-refractivity contribution in [3.05, 3.63) is 0 Å². The number of ether oxygens (including phenoxy) is 1. The van der Waals surface area contributed by atoms with Crippen LogP contribution in [0.2, 0.25) is 0 Å². The van der Waals surface area contributed by atoms with Crippen molar-refractivity contribution in [1.82, 2.24) is 5.32 Å². The van der Waals surface area contributed by atoms with Gasteiger partial charge in [-0.2, -0.15) is 0 Å². The fraction of sp³-hybridized carbons (Fsp3) is 1.00. The lowest BCUT2D eigenvalue weighted by molar-refractivity contribution is 0.153. The summed E-state index contributed by atoms with van der Waals surface area (Å²) >= 11 is 0. The van der Waals surface area contributed by atoms with Crippen LogP contribution in [0.1, 0.15) is 46.0 Å². The maximum atomic E-state index is 5.14. The average molecular weight is 213 g/mol. The SMILES string of the molecule is COCC(C)CN[C@@H](C)C1CCCCC1. The molecule has 90 valence electrons. The van der Waals surface area contributed by atoms with Crippen LogP contribution in [0.25, 0.3) is 0 Å². The summed E-state index contributed by atoms with van der Waals surface area (Å²) in [4.78, 5) is 0. The van der Waals surface area contributed by atoms with Gasteiger partial charge in [-0.1, -0.05) is 26.2 Å². The van der Waals surface area contributed by atoms with Crippen molar-refractivity contribution < 1.29 is 4.74 Å². The monoisotopic (exact) mass is 213 g/mol. The Morgan fingerprint density at radius 2 is 1.87 bits per heavy atom. The predicted molar refractivity (Wildman–Crippen MR) is 65.1 cm³/mol. The van der Waals surface area contributed by atoms with Crippen molar-refractivity contribution >= 4 is 0 Å². The van der Waals surface area contributed by atoms with Crippen LogP contribution in [0, 0.1) is 11.8 Å². The van der Waals surface area contributed by atoms with E-state index in [2.05, 4.69) is 19.2 Å². The van der Waals surface area contributed by atoms with Crippen LogP contribution in [0.5, 0.6) is 0 Å². The molecule has 0 aromatic carbocycles. The zero-order chi connectivity index (χ0) is 11.1. The van der Waals surface area contributed by atoms with Crippen LogP contribution >= 0.6 is 0 Å². The number of nitrogens with one attached hydrogen (secondary N) is 1. The highest BCUT2D eigenvalue weighted by atomic mass is 16.5. The highest BCUT2D eigenvalue weighted by molar-refractivity contribution is 4.76. The average Bonchev–Trinajstić information content (AvgIpc) is 2.27. The molecule has 1 aliphatic rings. The van der Waals surface area contributed by atoms with Crippen LogP contribution in [-0.4, -0.2) is 26.3 Å². The number of methoxy groups -OCH3 is 1. The van der Waals surface area contributed by atoms with Crippen molar-refractivity contribution in [3.63, 3.8) is 0 Å².